The molecular formula is C14H31NO. The first-order valence-corrected chi connectivity index (χ1v) is 6.96. The summed E-state index contributed by atoms with van der Waals surface area (Å²) in [6.45, 7) is 10.7. The fourth-order valence-corrected chi connectivity index (χ4v) is 2.23. The lowest BCUT2D eigenvalue weighted by molar-refractivity contribution is 0.171. The molecule has 1 N–H and O–H groups in total. The highest BCUT2D eigenvalue weighted by atomic mass is 16.2. The first-order valence-electron chi connectivity index (χ1n) is 6.96. The third kappa shape index (κ3) is 8.12. The average molecular weight is 229 g/mol. The van der Waals surface area contributed by atoms with Crippen LogP contribution in [0.25, 0.3) is 0 Å². The van der Waals surface area contributed by atoms with Crippen LogP contribution in [0.15, 0.2) is 0 Å². The second-order valence-electron chi connectivity index (χ2n) is 5.27. The minimum atomic E-state index is 0.356. The van der Waals surface area contributed by atoms with Crippen LogP contribution in [0.5, 0.6) is 0 Å². The molecule has 0 saturated heterocycles. The average Bonchev–Trinajstić information content (AvgIpc) is 2.21. The summed E-state index contributed by atoms with van der Waals surface area (Å²) in [7, 11) is 0. The normalized spacial score (nSPS) is 12.0. The van der Waals surface area contributed by atoms with E-state index in [0.29, 0.717) is 18.7 Å². The molecule has 0 heterocycles. The van der Waals surface area contributed by atoms with E-state index in [0.717, 1.165) is 6.42 Å². The van der Waals surface area contributed by atoms with Crippen molar-refractivity contribution in [2.75, 3.05) is 13.2 Å². The Hall–Kier alpha value is -0.0800. The van der Waals surface area contributed by atoms with Crippen LogP contribution in [-0.2, 0) is 0 Å². The summed E-state index contributed by atoms with van der Waals surface area (Å²) in [5.74, 6) is 0. The van der Waals surface area contributed by atoms with Crippen LogP contribution >= 0.6 is 0 Å². The highest BCUT2D eigenvalue weighted by Crippen LogP contribution is 2.10. The Morgan fingerprint density at radius 1 is 0.750 bits per heavy atom. The molecular weight excluding hydrogens is 198 g/mol. The molecule has 0 aromatic rings. The van der Waals surface area contributed by atoms with Crippen molar-refractivity contribution >= 4 is 0 Å². The zero-order chi connectivity index (χ0) is 12.4. The summed E-state index contributed by atoms with van der Waals surface area (Å²) in [5.41, 5.74) is 0. The largest absolute Gasteiger partial charge is 0.396 e. The number of nitrogens with zero attached hydrogens (tertiary/aromatic N) is 1. The summed E-state index contributed by atoms with van der Waals surface area (Å²) in [5, 5.41) is 8.66. The van der Waals surface area contributed by atoms with Crippen LogP contribution in [0.3, 0.4) is 0 Å². The summed E-state index contributed by atoms with van der Waals surface area (Å²) in [6, 6.07) is 1.32. The smallest absolute Gasteiger partial charge is 0.0431 e. The predicted octanol–water partition coefficient (Wildman–Crippen LogP) is 3.44. The standard InChI is InChI=1S/C14H31NO/c1-13(2)15(14(3)4)11-9-7-5-6-8-10-12-16/h13-14,16H,5-12H2,1-4H3. The number of aliphatic hydroxyl groups excluding tert-OH is 1. The van der Waals surface area contributed by atoms with Gasteiger partial charge in [0.05, 0.1) is 0 Å². The van der Waals surface area contributed by atoms with Crippen LogP contribution < -0.4 is 0 Å². The van der Waals surface area contributed by atoms with E-state index in [9.17, 15) is 0 Å². The molecule has 0 aliphatic heterocycles. The first-order chi connectivity index (χ1) is 7.59. The minimum absolute atomic E-state index is 0.356. The lowest BCUT2D eigenvalue weighted by Gasteiger charge is -2.30. The van der Waals surface area contributed by atoms with Crippen LogP contribution in [-0.4, -0.2) is 35.2 Å². The Morgan fingerprint density at radius 2 is 1.19 bits per heavy atom. The van der Waals surface area contributed by atoms with Crippen molar-refractivity contribution in [3.8, 4) is 0 Å². The molecule has 0 aromatic carbocycles. The van der Waals surface area contributed by atoms with Crippen molar-refractivity contribution in [1.82, 2.24) is 4.90 Å². The molecule has 2 heteroatoms. The molecule has 0 aliphatic carbocycles. The van der Waals surface area contributed by atoms with Crippen LogP contribution in [0.2, 0.25) is 0 Å². The molecule has 0 aromatic heterocycles. The molecule has 16 heavy (non-hydrogen) atoms. The van der Waals surface area contributed by atoms with Crippen molar-refractivity contribution in [3.63, 3.8) is 0 Å². The predicted molar refractivity (Wildman–Crippen MR) is 71.8 cm³/mol. The van der Waals surface area contributed by atoms with Gasteiger partial charge in [-0.25, -0.2) is 0 Å². The molecule has 0 unspecified atom stereocenters. The van der Waals surface area contributed by atoms with Gasteiger partial charge in [-0.1, -0.05) is 25.7 Å². The first kappa shape index (κ1) is 15.9. The molecule has 0 fully saturated rings. The number of aliphatic hydroxyl groups is 1. The van der Waals surface area contributed by atoms with Crippen molar-refractivity contribution < 1.29 is 5.11 Å². The molecule has 0 bridgehead atoms. The molecule has 0 saturated carbocycles. The summed E-state index contributed by atoms with van der Waals surface area (Å²) >= 11 is 0. The zero-order valence-corrected chi connectivity index (χ0v) is 11.7. The van der Waals surface area contributed by atoms with E-state index < -0.39 is 0 Å². The zero-order valence-electron chi connectivity index (χ0n) is 11.7. The van der Waals surface area contributed by atoms with Gasteiger partial charge in [0, 0.05) is 18.7 Å². The van der Waals surface area contributed by atoms with Crippen LogP contribution in [0, 0.1) is 0 Å². The van der Waals surface area contributed by atoms with E-state index in [-0.39, 0.29) is 0 Å². The van der Waals surface area contributed by atoms with Gasteiger partial charge in [0.25, 0.3) is 0 Å². The van der Waals surface area contributed by atoms with Gasteiger partial charge >= 0.3 is 0 Å². The Labute approximate surface area is 102 Å². The van der Waals surface area contributed by atoms with Gasteiger partial charge in [0.2, 0.25) is 0 Å². The molecule has 2 nitrogen and oxygen atoms in total. The van der Waals surface area contributed by atoms with Gasteiger partial charge in [0.1, 0.15) is 0 Å². The Morgan fingerprint density at radius 3 is 1.62 bits per heavy atom. The molecule has 0 radical (unpaired) electrons. The Bertz CT molecular complexity index is 138. The second kappa shape index (κ2) is 10.1. The maximum absolute atomic E-state index is 8.66. The molecule has 0 aliphatic rings. The highest BCUT2D eigenvalue weighted by molar-refractivity contribution is 4.66. The molecule has 0 rings (SSSR count). The highest BCUT2D eigenvalue weighted by Gasteiger charge is 2.11. The summed E-state index contributed by atoms with van der Waals surface area (Å²) in [6.07, 6.45) is 7.42. The van der Waals surface area contributed by atoms with Crippen molar-refractivity contribution in [3.05, 3.63) is 0 Å². The van der Waals surface area contributed by atoms with E-state index in [2.05, 4.69) is 32.6 Å². The topological polar surface area (TPSA) is 23.5 Å². The molecule has 98 valence electrons. The number of hydrogen-bond acceptors (Lipinski definition) is 2. The second-order valence-corrected chi connectivity index (χ2v) is 5.27. The number of rotatable bonds is 10. The van der Waals surface area contributed by atoms with Gasteiger partial charge < -0.3 is 5.11 Å². The van der Waals surface area contributed by atoms with Gasteiger partial charge in [-0.15, -0.1) is 0 Å². The Kier molecular flexibility index (Phi) is 10.0. The van der Waals surface area contributed by atoms with E-state index >= 15 is 0 Å². The SMILES string of the molecule is CC(C)N(CCCCCCCCO)C(C)C. The van der Waals surface area contributed by atoms with E-state index in [1.165, 1.54) is 38.6 Å². The number of unbranched alkanes of at least 4 members (excludes halogenated alkanes) is 5. The van der Waals surface area contributed by atoms with Crippen LogP contribution in [0.4, 0.5) is 0 Å². The van der Waals surface area contributed by atoms with E-state index in [1.54, 1.807) is 0 Å². The fourth-order valence-electron chi connectivity index (χ4n) is 2.23. The Balaban J connectivity index is 3.41. The molecule has 0 amide bonds. The lowest BCUT2D eigenvalue weighted by atomic mass is 10.1. The van der Waals surface area contributed by atoms with Crippen LogP contribution in [0.1, 0.15) is 66.2 Å². The number of hydrogen-bond donors (Lipinski definition) is 1. The quantitative estimate of drug-likeness (QED) is 0.580. The van der Waals surface area contributed by atoms with Crippen molar-refractivity contribution in [2.24, 2.45) is 0 Å². The summed E-state index contributed by atoms with van der Waals surface area (Å²) < 4.78 is 0. The van der Waals surface area contributed by atoms with Gasteiger partial charge in [-0.05, 0) is 47.1 Å². The van der Waals surface area contributed by atoms with Gasteiger partial charge in [0.15, 0.2) is 0 Å². The van der Waals surface area contributed by atoms with Gasteiger partial charge in [-0.2, -0.15) is 0 Å². The van der Waals surface area contributed by atoms with E-state index in [4.69, 9.17) is 5.11 Å². The van der Waals surface area contributed by atoms with E-state index in [1.807, 2.05) is 0 Å². The fraction of sp³-hybridized carbons (Fsp3) is 1.00. The summed E-state index contributed by atoms with van der Waals surface area (Å²) in [4.78, 5) is 2.56. The molecule has 0 spiro atoms. The van der Waals surface area contributed by atoms with Gasteiger partial charge in [-0.3, -0.25) is 4.90 Å². The minimum Gasteiger partial charge on any atom is -0.396 e. The van der Waals surface area contributed by atoms with Crippen molar-refractivity contribution in [2.45, 2.75) is 78.3 Å². The third-order valence-corrected chi connectivity index (χ3v) is 3.15. The maximum atomic E-state index is 8.66. The maximum Gasteiger partial charge on any atom is 0.0431 e. The monoisotopic (exact) mass is 229 g/mol. The van der Waals surface area contributed by atoms with Crippen molar-refractivity contribution in [1.29, 1.82) is 0 Å². The lowest BCUT2D eigenvalue weighted by Crippen LogP contribution is -2.37. The molecule has 0 atom stereocenters. The third-order valence-electron chi connectivity index (χ3n) is 3.15.